The van der Waals surface area contributed by atoms with E-state index in [9.17, 15) is 18.4 Å². The van der Waals surface area contributed by atoms with Gasteiger partial charge in [-0.05, 0) is 37.8 Å². The minimum absolute atomic E-state index is 0.0437. The highest BCUT2D eigenvalue weighted by atomic mass is 19.2. The Morgan fingerprint density at radius 2 is 1.70 bits per heavy atom. The van der Waals surface area contributed by atoms with Gasteiger partial charge < -0.3 is 16.0 Å². The summed E-state index contributed by atoms with van der Waals surface area (Å²) in [5, 5.41) is 8.31. The second-order valence-corrected chi connectivity index (χ2v) is 6.35. The summed E-state index contributed by atoms with van der Waals surface area (Å²) in [6.07, 6.45) is 2.71. The lowest BCUT2D eigenvalue weighted by Crippen LogP contribution is -2.31. The van der Waals surface area contributed by atoms with Crippen molar-refractivity contribution < 1.29 is 18.4 Å². The van der Waals surface area contributed by atoms with E-state index in [-0.39, 0.29) is 28.6 Å². The normalized spacial score (nSPS) is 21.8. The molecule has 5 nitrogen and oxygen atoms in total. The molecule has 1 saturated heterocycles. The number of halogens is 2. The second-order valence-electron chi connectivity index (χ2n) is 6.35. The van der Waals surface area contributed by atoms with Crippen molar-refractivity contribution in [2.45, 2.75) is 26.2 Å². The molecule has 3 rings (SSSR count). The number of benzene rings is 1. The standard InChI is InChI=1S/C16H19F2N3O2/c1-9(22)20-13-6-11(17)12(18)7-14(13)21-15(23)10-8-16(10)2-4-19-5-3-16/h6-7,10,19H,2-5,8H2,1H3,(H,20,22)(H,21,23). The lowest BCUT2D eigenvalue weighted by Gasteiger charge is -2.23. The van der Waals surface area contributed by atoms with Crippen molar-refractivity contribution >= 4 is 23.2 Å². The van der Waals surface area contributed by atoms with Crippen molar-refractivity contribution in [2.75, 3.05) is 23.7 Å². The van der Waals surface area contributed by atoms with Crippen LogP contribution < -0.4 is 16.0 Å². The highest BCUT2D eigenvalue weighted by Gasteiger charge is 2.57. The molecular formula is C16H19F2N3O2. The van der Waals surface area contributed by atoms with E-state index in [4.69, 9.17) is 0 Å². The first-order valence-electron chi connectivity index (χ1n) is 7.69. The maximum Gasteiger partial charge on any atom is 0.228 e. The second kappa shape index (κ2) is 5.88. The van der Waals surface area contributed by atoms with E-state index in [1.807, 2.05) is 0 Å². The Labute approximate surface area is 132 Å². The number of nitrogens with one attached hydrogen (secondary N) is 3. The number of piperidine rings is 1. The summed E-state index contributed by atoms with van der Waals surface area (Å²) in [7, 11) is 0. The minimum Gasteiger partial charge on any atom is -0.324 e. The maximum absolute atomic E-state index is 13.5. The van der Waals surface area contributed by atoms with Crippen LogP contribution in [0.2, 0.25) is 0 Å². The molecule has 1 heterocycles. The fourth-order valence-electron chi connectivity index (χ4n) is 3.36. The molecule has 1 saturated carbocycles. The molecule has 1 aliphatic heterocycles. The van der Waals surface area contributed by atoms with Crippen molar-refractivity contribution in [1.82, 2.24) is 5.32 Å². The molecule has 2 amide bonds. The summed E-state index contributed by atoms with van der Waals surface area (Å²) >= 11 is 0. The van der Waals surface area contributed by atoms with Crippen molar-refractivity contribution in [3.8, 4) is 0 Å². The van der Waals surface area contributed by atoms with Crippen molar-refractivity contribution in [2.24, 2.45) is 11.3 Å². The summed E-state index contributed by atoms with van der Waals surface area (Å²) in [6, 6.07) is 1.77. The van der Waals surface area contributed by atoms with Crippen LogP contribution in [0, 0.1) is 23.0 Å². The third-order valence-corrected chi connectivity index (χ3v) is 4.73. The number of carbonyl (C=O) groups excluding carboxylic acids is 2. The number of anilines is 2. The first kappa shape index (κ1) is 15.9. The molecule has 0 bridgehead atoms. The van der Waals surface area contributed by atoms with Crippen LogP contribution in [0.15, 0.2) is 12.1 Å². The first-order valence-corrected chi connectivity index (χ1v) is 7.69. The number of carbonyl (C=O) groups is 2. The zero-order chi connectivity index (χ0) is 16.6. The lowest BCUT2D eigenvalue weighted by molar-refractivity contribution is -0.118. The lowest BCUT2D eigenvalue weighted by atomic mass is 9.92. The first-order chi connectivity index (χ1) is 10.9. The zero-order valence-corrected chi connectivity index (χ0v) is 12.8. The third-order valence-electron chi connectivity index (χ3n) is 4.73. The molecule has 1 aromatic carbocycles. The van der Waals surface area contributed by atoms with E-state index in [1.165, 1.54) is 6.92 Å². The van der Waals surface area contributed by atoms with Gasteiger partial charge in [-0.15, -0.1) is 0 Å². The number of hydrogen-bond donors (Lipinski definition) is 3. The SMILES string of the molecule is CC(=O)Nc1cc(F)c(F)cc1NC(=O)C1CC12CCNCC2. The van der Waals surface area contributed by atoms with Crippen LogP contribution in [0.1, 0.15) is 26.2 Å². The smallest absolute Gasteiger partial charge is 0.228 e. The van der Waals surface area contributed by atoms with Crippen molar-refractivity contribution in [1.29, 1.82) is 0 Å². The third kappa shape index (κ3) is 3.19. The van der Waals surface area contributed by atoms with E-state index in [1.54, 1.807) is 0 Å². The molecule has 124 valence electrons. The molecule has 2 aliphatic rings. The fraction of sp³-hybridized carbons (Fsp3) is 0.500. The molecule has 1 aliphatic carbocycles. The predicted octanol–water partition coefficient (Wildman–Crippen LogP) is 2.25. The molecule has 2 fully saturated rings. The summed E-state index contributed by atoms with van der Waals surface area (Å²) in [5.41, 5.74) is 0.187. The largest absolute Gasteiger partial charge is 0.324 e. The van der Waals surface area contributed by atoms with Gasteiger partial charge in [-0.3, -0.25) is 9.59 Å². The predicted molar refractivity (Wildman–Crippen MR) is 81.9 cm³/mol. The molecule has 1 spiro atoms. The van der Waals surface area contributed by atoms with Gasteiger partial charge in [0.1, 0.15) is 0 Å². The van der Waals surface area contributed by atoms with E-state index in [0.29, 0.717) is 0 Å². The van der Waals surface area contributed by atoms with E-state index in [0.717, 1.165) is 44.5 Å². The van der Waals surface area contributed by atoms with Crippen LogP contribution >= 0.6 is 0 Å². The quantitative estimate of drug-likeness (QED) is 0.799. The number of amides is 2. The van der Waals surface area contributed by atoms with E-state index in [2.05, 4.69) is 16.0 Å². The van der Waals surface area contributed by atoms with Crippen LogP contribution in [0.25, 0.3) is 0 Å². The molecule has 0 radical (unpaired) electrons. The van der Waals surface area contributed by atoms with Gasteiger partial charge in [0, 0.05) is 25.0 Å². The Bertz CT molecular complexity index is 657. The maximum atomic E-state index is 13.5. The van der Waals surface area contributed by atoms with E-state index < -0.39 is 17.5 Å². The summed E-state index contributed by atoms with van der Waals surface area (Å²) in [4.78, 5) is 23.6. The highest BCUT2D eigenvalue weighted by molar-refractivity contribution is 6.00. The molecule has 3 N–H and O–H groups in total. The van der Waals surface area contributed by atoms with Crippen molar-refractivity contribution in [3.05, 3.63) is 23.8 Å². The Kier molecular flexibility index (Phi) is 4.06. The summed E-state index contributed by atoms with van der Waals surface area (Å²) in [5.74, 6) is -2.88. The Morgan fingerprint density at radius 1 is 1.13 bits per heavy atom. The molecule has 1 atom stereocenters. The molecular weight excluding hydrogens is 304 g/mol. The van der Waals surface area contributed by atoms with Gasteiger partial charge >= 0.3 is 0 Å². The minimum atomic E-state index is -1.08. The van der Waals surface area contributed by atoms with Gasteiger partial charge in [-0.25, -0.2) is 8.78 Å². The Morgan fingerprint density at radius 3 is 2.26 bits per heavy atom. The fourth-order valence-corrected chi connectivity index (χ4v) is 3.36. The topological polar surface area (TPSA) is 70.2 Å². The Hall–Kier alpha value is -2.02. The van der Waals surface area contributed by atoms with Gasteiger partial charge in [-0.1, -0.05) is 0 Å². The van der Waals surface area contributed by atoms with Gasteiger partial charge in [0.25, 0.3) is 0 Å². The molecule has 1 unspecified atom stereocenters. The van der Waals surface area contributed by atoms with Gasteiger partial charge in [0.15, 0.2) is 11.6 Å². The van der Waals surface area contributed by atoms with Crippen LogP contribution in [0.4, 0.5) is 20.2 Å². The summed E-state index contributed by atoms with van der Waals surface area (Å²) < 4.78 is 26.8. The average molecular weight is 323 g/mol. The van der Waals surface area contributed by atoms with Crippen LogP contribution in [-0.2, 0) is 9.59 Å². The van der Waals surface area contributed by atoms with E-state index >= 15 is 0 Å². The van der Waals surface area contributed by atoms with Crippen molar-refractivity contribution in [3.63, 3.8) is 0 Å². The average Bonchev–Trinajstić information content (AvgIpc) is 3.18. The zero-order valence-electron chi connectivity index (χ0n) is 12.8. The highest BCUT2D eigenvalue weighted by Crippen LogP contribution is 2.58. The summed E-state index contributed by atoms with van der Waals surface area (Å²) in [6.45, 7) is 3.05. The molecule has 7 heteroatoms. The number of rotatable bonds is 3. The van der Waals surface area contributed by atoms with Crippen LogP contribution in [-0.4, -0.2) is 24.9 Å². The molecule has 0 aromatic heterocycles. The Balaban J connectivity index is 1.75. The van der Waals surface area contributed by atoms with Gasteiger partial charge in [-0.2, -0.15) is 0 Å². The van der Waals surface area contributed by atoms with Gasteiger partial charge in [0.05, 0.1) is 11.4 Å². The molecule has 23 heavy (non-hydrogen) atoms. The monoisotopic (exact) mass is 323 g/mol. The van der Waals surface area contributed by atoms with Crippen LogP contribution in [0.5, 0.6) is 0 Å². The number of hydrogen-bond acceptors (Lipinski definition) is 3. The van der Waals surface area contributed by atoms with Gasteiger partial charge in [0.2, 0.25) is 11.8 Å². The van der Waals surface area contributed by atoms with Crippen LogP contribution in [0.3, 0.4) is 0 Å². The molecule has 1 aromatic rings.